The van der Waals surface area contributed by atoms with E-state index in [4.69, 9.17) is 11.6 Å². The number of carbonyl (C=O) groups is 1. The molecular weight excluding hydrogens is 282 g/mol. The first-order valence-corrected chi connectivity index (χ1v) is 8.64. The predicted octanol–water partition coefficient (Wildman–Crippen LogP) is 4.57. The second kappa shape index (κ2) is 6.93. The van der Waals surface area contributed by atoms with E-state index in [1.807, 2.05) is 12.1 Å². The normalized spacial score (nSPS) is 23.8. The van der Waals surface area contributed by atoms with Crippen LogP contribution in [0.1, 0.15) is 55.3 Å². The summed E-state index contributed by atoms with van der Waals surface area (Å²) in [5, 5.41) is 0.687. The van der Waals surface area contributed by atoms with Crippen molar-refractivity contribution >= 4 is 17.4 Å². The van der Waals surface area contributed by atoms with Crippen LogP contribution in [0.4, 0.5) is 0 Å². The van der Waals surface area contributed by atoms with E-state index in [0.717, 1.165) is 24.1 Å². The smallest absolute Gasteiger partial charge is 0.164 e. The Hall–Kier alpha value is -0.860. The van der Waals surface area contributed by atoms with Gasteiger partial charge in [0.2, 0.25) is 0 Å². The molecule has 2 aliphatic rings. The molecule has 0 N–H and O–H groups in total. The van der Waals surface area contributed by atoms with Gasteiger partial charge in [-0.25, -0.2) is 0 Å². The highest BCUT2D eigenvalue weighted by molar-refractivity contribution is 6.30. The molecule has 0 bridgehead atoms. The summed E-state index contributed by atoms with van der Waals surface area (Å²) in [6, 6.07) is 8.01. The standard InChI is InChI=1S/C18H24ClNO/c19-16-9-7-15(8-10-16)18(21)11-13-20-12-3-6-17(20)14-4-1-2-5-14/h7-10,14,17H,1-6,11-13H2. The third-order valence-electron chi connectivity index (χ3n) is 5.15. The van der Waals surface area contributed by atoms with Gasteiger partial charge in [0.25, 0.3) is 0 Å². The van der Waals surface area contributed by atoms with Crippen LogP contribution in [0.3, 0.4) is 0 Å². The molecule has 0 aromatic heterocycles. The van der Waals surface area contributed by atoms with Gasteiger partial charge in [-0.3, -0.25) is 9.69 Å². The SMILES string of the molecule is O=C(CCN1CCCC1C1CCCC1)c1ccc(Cl)cc1. The molecule has 1 atom stereocenters. The van der Waals surface area contributed by atoms with E-state index >= 15 is 0 Å². The number of likely N-dealkylation sites (tertiary alicyclic amines) is 1. The summed E-state index contributed by atoms with van der Waals surface area (Å²) < 4.78 is 0. The number of nitrogens with zero attached hydrogens (tertiary/aromatic N) is 1. The van der Waals surface area contributed by atoms with Gasteiger partial charge in [-0.1, -0.05) is 24.4 Å². The van der Waals surface area contributed by atoms with Gasteiger partial charge in [0, 0.05) is 29.6 Å². The monoisotopic (exact) mass is 305 g/mol. The van der Waals surface area contributed by atoms with Crippen LogP contribution in [0.15, 0.2) is 24.3 Å². The summed E-state index contributed by atoms with van der Waals surface area (Å²) in [6.45, 7) is 2.09. The van der Waals surface area contributed by atoms with Crippen molar-refractivity contribution in [1.82, 2.24) is 4.90 Å². The maximum Gasteiger partial charge on any atom is 0.164 e. The van der Waals surface area contributed by atoms with Crippen molar-refractivity contribution in [3.05, 3.63) is 34.9 Å². The minimum Gasteiger partial charge on any atom is -0.300 e. The average Bonchev–Trinajstić information content (AvgIpc) is 3.16. The molecule has 1 heterocycles. The molecule has 2 nitrogen and oxygen atoms in total. The minimum atomic E-state index is 0.240. The van der Waals surface area contributed by atoms with Gasteiger partial charge >= 0.3 is 0 Å². The van der Waals surface area contributed by atoms with Crippen LogP contribution in [0, 0.1) is 5.92 Å². The number of Topliss-reactive ketones (excluding diaryl/α,β-unsaturated/α-hetero) is 1. The largest absolute Gasteiger partial charge is 0.300 e. The fourth-order valence-electron chi connectivity index (χ4n) is 4.03. The molecular formula is C18H24ClNO. The summed E-state index contributed by atoms with van der Waals surface area (Å²) in [6.07, 6.45) is 8.86. The Bertz CT molecular complexity index is 478. The van der Waals surface area contributed by atoms with E-state index in [1.165, 1.54) is 45.1 Å². The lowest BCUT2D eigenvalue weighted by atomic mass is 9.96. The summed E-state index contributed by atoms with van der Waals surface area (Å²) in [5.74, 6) is 1.13. The molecule has 1 aliphatic carbocycles. The number of hydrogen-bond donors (Lipinski definition) is 0. The summed E-state index contributed by atoms with van der Waals surface area (Å²) in [4.78, 5) is 14.8. The highest BCUT2D eigenvalue weighted by Gasteiger charge is 2.33. The van der Waals surface area contributed by atoms with E-state index in [1.54, 1.807) is 12.1 Å². The summed E-state index contributed by atoms with van der Waals surface area (Å²) in [7, 11) is 0. The molecule has 21 heavy (non-hydrogen) atoms. The molecule has 3 rings (SSSR count). The van der Waals surface area contributed by atoms with Gasteiger partial charge in [0.05, 0.1) is 0 Å². The van der Waals surface area contributed by atoms with Crippen LogP contribution in [0.25, 0.3) is 0 Å². The van der Waals surface area contributed by atoms with Crippen LogP contribution >= 0.6 is 11.6 Å². The Kier molecular flexibility index (Phi) is 4.97. The van der Waals surface area contributed by atoms with Crippen molar-refractivity contribution in [2.45, 2.75) is 51.0 Å². The Balaban J connectivity index is 1.54. The first kappa shape index (κ1) is 15.1. The van der Waals surface area contributed by atoms with Gasteiger partial charge in [0.15, 0.2) is 5.78 Å². The lowest BCUT2D eigenvalue weighted by Crippen LogP contribution is -2.36. The number of benzene rings is 1. The highest BCUT2D eigenvalue weighted by Crippen LogP contribution is 2.35. The number of hydrogen-bond acceptors (Lipinski definition) is 2. The molecule has 0 radical (unpaired) electrons. The van der Waals surface area contributed by atoms with E-state index in [2.05, 4.69) is 4.90 Å². The Labute approximate surface area is 132 Å². The lowest BCUT2D eigenvalue weighted by Gasteiger charge is -2.29. The second-order valence-corrected chi connectivity index (χ2v) is 6.91. The van der Waals surface area contributed by atoms with Crippen LogP contribution < -0.4 is 0 Å². The molecule has 1 aromatic carbocycles. The maximum atomic E-state index is 12.3. The molecule has 1 aliphatic heterocycles. The molecule has 1 saturated carbocycles. The zero-order chi connectivity index (χ0) is 14.7. The number of carbonyl (C=O) groups excluding carboxylic acids is 1. The Morgan fingerprint density at radius 2 is 1.81 bits per heavy atom. The van der Waals surface area contributed by atoms with Crippen LogP contribution in [0.2, 0.25) is 5.02 Å². The minimum absolute atomic E-state index is 0.240. The number of ketones is 1. The molecule has 1 saturated heterocycles. The fourth-order valence-corrected chi connectivity index (χ4v) is 4.16. The third kappa shape index (κ3) is 3.67. The number of rotatable bonds is 5. The quantitative estimate of drug-likeness (QED) is 0.743. The van der Waals surface area contributed by atoms with Crippen LogP contribution in [-0.2, 0) is 0 Å². The van der Waals surface area contributed by atoms with Crippen LogP contribution in [0.5, 0.6) is 0 Å². The van der Waals surface area contributed by atoms with E-state index in [9.17, 15) is 4.79 Å². The average molecular weight is 306 g/mol. The van der Waals surface area contributed by atoms with E-state index in [0.29, 0.717) is 11.4 Å². The topological polar surface area (TPSA) is 20.3 Å². The molecule has 3 heteroatoms. The molecule has 114 valence electrons. The van der Waals surface area contributed by atoms with Gasteiger partial charge in [0.1, 0.15) is 0 Å². The summed E-state index contributed by atoms with van der Waals surface area (Å²) >= 11 is 5.87. The zero-order valence-corrected chi connectivity index (χ0v) is 13.3. The fraction of sp³-hybridized carbons (Fsp3) is 0.611. The molecule has 0 spiro atoms. The first-order chi connectivity index (χ1) is 10.2. The van der Waals surface area contributed by atoms with E-state index < -0.39 is 0 Å². The van der Waals surface area contributed by atoms with Gasteiger partial charge in [-0.15, -0.1) is 0 Å². The second-order valence-electron chi connectivity index (χ2n) is 6.47. The molecule has 2 fully saturated rings. The zero-order valence-electron chi connectivity index (χ0n) is 12.6. The molecule has 0 amide bonds. The van der Waals surface area contributed by atoms with Crippen molar-refractivity contribution in [1.29, 1.82) is 0 Å². The van der Waals surface area contributed by atoms with Crippen molar-refractivity contribution in [3.8, 4) is 0 Å². The Morgan fingerprint density at radius 3 is 2.52 bits per heavy atom. The van der Waals surface area contributed by atoms with Crippen molar-refractivity contribution < 1.29 is 4.79 Å². The third-order valence-corrected chi connectivity index (χ3v) is 5.40. The van der Waals surface area contributed by atoms with Gasteiger partial charge in [-0.2, -0.15) is 0 Å². The van der Waals surface area contributed by atoms with Crippen molar-refractivity contribution in [3.63, 3.8) is 0 Å². The first-order valence-electron chi connectivity index (χ1n) is 8.27. The van der Waals surface area contributed by atoms with Crippen LogP contribution in [-0.4, -0.2) is 29.8 Å². The maximum absolute atomic E-state index is 12.3. The Morgan fingerprint density at radius 1 is 1.10 bits per heavy atom. The van der Waals surface area contributed by atoms with Gasteiger partial charge < -0.3 is 0 Å². The van der Waals surface area contributed by atoms with E-state index in [-0.39, 0.29) is 5.78 Å². The molecule has 1 unspecified atom stereocenters. The van der Waals surface area contributed by atoms with Gasteiger partial charge in [-0.05, 0) is 62.4 Å². The lowest BCUT2D eigenvalue weighted by molar-refractivity contribution is 0.0951. The predicted molar refractivity (Wildman–Crippen MR) is 87.0 cm³/mol. The van der Waals surface area contributed by atoms with Crippen molar-refractivity contribution in [2.24, 2.45) is 5.92 Å². The summed E-state index contributed by atoms with van der Waals surface area (Å²) in [5.41, 5.74) is 0.788. The number of halogens is 1. The molecule has 1 aromatic rings. The van der Waals surface area contributed by atoms with Crippen molar-refractivity contribution in [2.75, 3.05) is 13.1 Å². The highest BCUT2D eigenvalue weighted by atomic mass is 35.5.